The van der Waals surface area contributed by atoms with Crippen LogP contribution in [0.5, 0.6) is 0 Å². The monoisotopic (exact) mass is 258 g/mol. The average molecular weight is 258 g/mol. The fraction of sp³-hybridized carbons (Fsp3) is 0.143. The zero-order valence-electron chi connectivity index (χ0n) is 10.3. The van der Waals surface area contributed by atoms with Crippen molar-refractivity contribution in [2.45, 2.75) is 6.54 Å². The van der Waals surface area contributed by atoms with Crippen LogP contribution < -0.4 is 5.32 Å². The van der Waals surface area contributed by atoms with E-state index < -0.39 is 5.97 Å². The summed E-state index contributed by atoms with van der Waals surface area (Å²) in [7, 11) is 0. The van der Waals surface area contributed by atoms with Crippen molar-refractivity contribution >= 4 is 22.8 Å². The zero-order valence-corrected chi connectivity index (χ0v) is 10.3. The predicted molar refractivity (Wildman–Crippen MR) is 72.1 cm³/mol. The summed E-state index contributed by atoms with van der Waals surface area (Å²) >= 11 is 0. The normalized spacial score (nSPS) is 10.3. The minimum atomic E-state index is -0.981. The molecule has 0 saturated heterocycles. The molecule has 98 valence electrons. The first-order valence-electron chi connectivity index (χ1n) is 5.81. The van der Waals surface area contributed by atoms with Gasteiger partial charge in [0.05, 0.1) is 5.56 Å². The first kappa shape index (κ1) is 12.9. The van der Waals surface area contributed by atoms with E-state index in [2.05, 4.69) is 11.9 Å². The zero-order chi connectivity index (χ0) is 13.8. The molecule has 5 nitrogen and oxygen atoms in total. The Morgan fingerprint density at radius 3 is 2.84 bits per heavy atom. The molecule has 0 fully saturated rings. The van der Waals surface area contributed by atoms with Gasteiger partial charge in [0, 0.05) is 18.3 Å². The molecular weight excluding hydrogens is 244 g/mol. The molecule has 0 unspecified atom stereocenters. The topological polar surface area (TPSA) is 71.3 Å². The second kappa shape index (κ2) is 5.39. The largest absolute Gasteiger partial charge is 0.478 e. The van der Waals surface area contributed by atoms with Crippen LogP contribution in [-0.4, -0.2) is 28.1 Å². The summed E-state index contributed by atoms with van der Waals surface area (Å²) in [6.45, 7) is 4.09. The lowest BCUT2D eigenvalue weighted by Gasteiger charge is -2.06. The number of hydrogen-bond acceptors (Lipinski definition) is 2. The summed E-state index contributed by atoms with van der Waals surface area (Å²) in [6.07, 6.45) is 3.37. The maximum Gasteiger partial charge on any atom is 0.335 e. The van der Waals surface area contributed by atoms with Crippen LogP contribution in [0.1, 0.15) is 10.4 Å². The van der Waals surface area contributed by atoms with Crippen LogP contribution in [0.3, 0.4) is 0 Å². The molecule has 0 bridgehead atoms. The molecule has 2 rings (SSSR count). The number of aromatic carboxylic acids is 1. The number of rotatable bonds is 5. The van der Waals surface area contributed by atoms with Crippen LogP contribution in [-0.2, 0) is 11.3 Å². The van der Waals surface area contributed by atoms with Crippen molar-refractivity contribution in [2.24, 2.45) is 0 Å². The SMILES string of the molecule is C=CCNC(=O)Cn1ccc2ccc(C(=O)O)cc21. The van der Waals surface area contributed by atoms with Crippen molar-refractivity contribution in [3.05, 3.63) is 48.7 Å². The summed E-state index contributed by atoms with van der Waals surface area (Å²) in [6, 6.07) is 6.70. The van der Waals surface area contributed by atoms with Gasteiger partial charge >= 0.3 is 5.97 Å². The van der Waals surface area contributed by atoms with Crippen LogP contribution in [0.4, 0.5) is 0 Å². The maximum atomic E-state index is 11.6. The Labute approximate surface area is 110 Å². The second-order valence-electron chi connectivity index (χ2n) is 4.12. The number of hydrogen-bond donors (Lipinski definition) is 2. The van der Waals surface area contributed by atoms with E-state index in [0.717, 1.165) is 10.9 Å². The number of carboxylic acid groups (broad SMARTS) is 1. The molecule has 19 heavy (non-hydrogen) atoms. The van der Waals surface area contributed by atoms with Gasteiger partial charge in [0.1, 0.15) is 6.54 Å². The lowest BCUT2D eigenvalue weighted by Crippen LogP contribution is -2.27. The summed E-state index contributed by atoms with van der Waals surface area (Å²) in [5.41, 5.74) is 0.938. The van der Waals surface area contributed by atoms with Gasteiger partial charge in [0.25, 0.3) is 0 Å². The Hall–Kier alpha value is -2.56. The van der Waals surface area contributed by atoms with Gasteiger partial charge in [-0.25, -0.2) is 4.79 Å². The van der Waals surface area contributed by atoms with Gasteiger partial charge < -0.3 is 15.0 Å². The van der Waals surface area contributed by atoms with E-state index in [4.69, 9.17) is 5.11 Å². The second-order valence-corrected chi connectivity index (χ2v) is 4.12. The van der Waals surface area contributed by atoms with Crippen LogP contribution in [0.15, 0.2) is 43.1 Å². The van der Waals surface area contributed by atoms with E-state index in [1.165, 1.54) is 0 Å². The standard InChI is InChI=1S/C14H14N2O3/c1-2-6-15-13(17)9-16-7-5-10-3-4-11(14(18)19)8-12(10)16/h2-5,7-8H,1,6,9H2,(H,15,17)(H,18,19). The van der Waals surface area contributed by atoms with E-state index in [1.807, 2.05) is 6.07 Å². The van der Waals surface area contributed by atoms with Crippen molar-refractivity contribution < 1.29 is 14.7 Å². The fourth-order valence-electron chi connectivity index (χ4n) is 1.85. The van der Waals surface area contributed by atoms with E-state index in [0.29, 0.717) is 6.54 Å². The van der Waals surface area contributed by atoms with E-state index in [-0.39, 0.29) is 18.0 Å². The molecule has 0 spiro atoms. The molecule has 0 aliphatic carbocycles. The first-order chi connectivity index (χ1) is 9.11. The quantitative estimate of drug-likeness (QED) is 0.801. The summed E-state index contributed by atoms with van der Waals surface area (Å²) in [5, 5.41) is 12.6. The van der Waals surface area contributed by atoms with Gasteiger partial charge in [-0.2, -0.15) is 0 Å². The van der Waals surface area contributed by atoms with Gasteiger partial charge in [-0.05, 0) is 23.6 Å². The van der Waals surface area contributed by atoms with Gasteiger partial charge in [-0.3, -0.25) is 4.79 Å². The minimum Gasteiger partial charge on any atom is -0.478 e. The molecule has 1 aromatic carbocycles. The van der Waals surface area contributed by atoms with Crippen LogP contribution >= 0.6 is 0 Å². The number of carbonyl (C=O) groups excluding carboxylic acids is 1. The Bertz CT molecular complexity index is 643. The van der Waals surface area contributed by atoms with Crippen molar-refractivity contribution in [1.29, 1.82) is 0 Å². The molecule has 2 N–H and O–H groups in total. The number of fused-ring (bicyclic) bond motifs is 1. The Balaban J connectivity index is 2.28. The smallest absolute Gasteiger partial charge is 0.335 e. The van der Waals surface area contributed by atoms with Crippen molar-refractivity contribution in [3.63, 3.8) is 0 Å². The number of amides is 1. The Morgan fingerprint density at radius 2 is 2.16 bits per heavy atom. The summed E-state index contributed by atoms with van der Waals surface area (Å²) in [5.74, 6) is -1.12. The molecule has 1 heterocycles. The highest BCUT2D eigenvalue weighted by atomic mass is 16.4. The number of benzene rings is 1. The molecule has 0 radical (unpaired) electrons. The molecule has 0 aliphatic heterocycles. The molecule has 0 saturated carbocycles. The average Bonchev–Trinajstić information content (AvgIpc) is 2.78. The van der Waals surface area contributed by atoms with Gasteiger partial charge in [-0.1, -0.05) is 12.1 Å². The summed E-state index contributed by atoms with van der Waals surface area (Å²) in [4.78, 5) is 22.6. The summed E-state index contributed by atoms with van der Waals surface area (Å²) < 4.78 is 1.72. The lowest BCUT2D eigenvalue weighted by molar-refractivity contribution is -0.121. The minimum absolute atomic E-state index is 0.141. The third-order valence-electron chi connectivity index (χ3n) is 2.78. The third kappa shape index (κ3) is 2.82. The Kier molecular flexibility index (Phi) is 3.66. The van der Waals surface area contributed by atoms with E-state index in [9.17, 15) is 9.59 Å². The van der Waals surface area contributed by atoms with Crippen molar-refractivity contribution in [2.75, 3.05) is 6.54 Å². The Morgan fingerprint density at radius 1 is 1.37 bits per heavy atom. The number of carbonyl (C=O) groups is 2. The van der Waals surface area contributed by atoms with Crippen molar-refractivity contribution in [1.82, 2.24) is 9.88 Å². The van der Waals surface area contributed by atoms with Gasteiger partial charge in [0.15, 0.2) is 0 Å². The predicted octanol–water partition coefficient (Wildman–Crippen LogP) is 1.64. The molecule has 5 heteroatoms. The fourth-order valence-corrected chi connectivity index (χ4v) is 1.85. The molecular formula is C14H14N2O3. The number of aromatic nitrogens is 1. The van der Waals surface area contributed by atoms with Crippen LogP contribution in [0.2, 0.25) is 0 Å². The molecule has 0 aliphatic rings. The first-order valence-corrected chi connectivity index (χ1v) is 5.81. The number of nitrogens with zero attached hydrogens (tertiary/aromatic N) is 1. The maximum absolute atomic E-state index is 11.6. The molecule has 0 atom stereocenters. The van der Waals surface area contributed by atoms with Crippen LogP contribution in [0, 0.1) is 0 Å². The van der Waals surface area contributed by atoms with Crippen LogP contribution in [0.25, 0.3) is 10.9 Å². The highest BCUT2D eigenvalue weighted by Gasteiger charge is 2.09. The molecule has 1 amide bonds. The van der Waals surface area contributed by atoms with E-state index >= 15 is 0 Å². The lowest BCUT2D eigenvalue weighted by atomic mass is 10.1. The number of carboxylic acids is 1. The molecule has 2 aromatic rings. The number of nitrogens with one attached hydrogen (secondary N) is 1. The van der Waals surface area contributed by atoms with Gasteiger partial charge in [0.2, 0.25) is 5.91 Å². The third-order valence-corrected chi connectivity index (χ3v) is 2.78. The highest BCUT2D eigenvalue weighted by Crippen LogP contribution is 2.17. The van der Waals surface area contributed by atoms with E-state index in [1.54, 1.807) is 35.0 Å². The molecule has 1 aromatic heterocycles. The highest BCUT2D eigenvalue weighted by molar-refractivity contribution is 5.94. The van der Waals surface area contributed by atoms with Gasteiger partial charge in [-0.15, -0.1) is 6.58 Å². The van der Waals surface area contributed by atoms with Crippen molar-refractivity contribution in [3.8, 4) is 0 Å².